The van der Waals surface area contributed by atoms with Crippen LogP contribution < -0.4 is 0 Å². The number of halogens is 6. The maximum atomic E-state index is 13.2. The van der Waals surface area contributed by atoms with Gasteiger partial charge in [-0.25, -0.2) is 0 Å². The Morgan fingerprint density at radius 3 is 2.09 bits per heavy atom. The lowest BCUT2D eigenvalue weighted by atomic mass is 9.95. The molecule has 2 heterocycles. The van der Waals surface area contributed by atoms with E-state index in [4.69, 9.17) is 0 Å². The van der Waals surface area contributed by atoms with Crippen molar-refractivity contribution in [3.63, 3.8) is 0 Å². The topological polar surface area (TPSA) is 68.9 Å². The first-order chi connectivity index (χ1) is 9.98. The van der Waals surface area contributed by atoms with Gasteiger partial charge in [-0.2, -0.15) is 26.3 Å². The van der Waals surface area contributed by atoms with Crippen molar-refractivity contribution >= 4 is 5.78 Å². The molecule has 0 fully saturated rings. The van der Waals surface area contributed by atoms with Gasteiger partial charge >= 0.3 is 12.4 Å². The van der Waals surface area contributed by atoms with Gasteiger partial charge in [-0.3, -0.25) is 4.79 Å². The summed E-state index contributed by atoms with van der Waals surface area (Å²) in [4.78, 5) is 14.9. The minimum absolute atomic E-state index is 0.533. The summed E-state index contributed by atoms with van der Waals surface area (Å²) in [7, 11) is 0. The van der Waals surface area contributed by atoms with E-state index in [2.05, 4.69) is 4.98 Å². The third-order valence-electron chi connectivity index (χ3n) is 2.98. The van der Waals surface area contributed by atoms with E-state index in [9.17, 15) is 36.2 Å². The highest BCUT2D eigenvalue weighted by atomic mass is 19.4. The molecule has 0 aliphatic rings. The summed E-state index contributed by atoms with van der Waals surface area (Å²) >= 11 is 0. The molecule has 2 rings (SSSR count). The molecule has 0 spiro atoms. The second-order valence-corrected chi connectivity index (χ2v) is 4.40. The Kier molecular flexibility index (Phi) is 3.60. The van der Waals surface area contributed by atoms with Gasteiger partial charge in [0.25, 0.3) is 5.78 Å². The Hall–Kier alpha value is -2.23. The highest BCUT2D eigenvalue weighted by molar-refractivity contribution is 5.98. The monoisotopic (exact) mass is 326 g/mol. The second kappa shape index (κ2) is 4.90. The maximum absolute atomic E-state index is 13.2. The third kappa shape index (κ3) is 2.49. The highest BCUT2D eigenvalue weighted by Crippen LogP contribution is 2.43. The number of alkyl halides is 6. The van der Waals surface area contributed by atoms with E-state index in [1.165, 1.54) is 6.07 Å². The number of Topliss-reactive ketones (excluding diaryl/α,β-unsaturated/α-hetero) is 1. The number of H-pyrrole nitrogens is 2. The summed E-state index contributed by atoms with van der Waals surface area (Å²) in [6, 6.07) is 3.20. The number of nitrogens with one attached hydrogen (secondary N) is 2. The predicted octanol–water partition coefficient (Wildman–Crippen LogP) is 2.89. The van der Waals surface area contributed by atoms with Crippen LogP contribution in [0.5, 0.6) is 0 Å². The molecule has 0 aliphatic heterocycles. The highest BCUT2D eigenvalue weighted by Gasteiger charge is 2.58. The number of aromatic amines is 2. The zero-order valence-electron chi connectivity index (χ0n) is 10.5. The molecule has 2 aromatic heterocycles. The van der Waals surface area contributed by atoms with Gasteiger partial charge in [0.1, 0.15) is 0 Å². The standard InChI is InChI=1S/C12H8F6N2O2/c13-11(14,15)9(21)6-3-4-8(20-6)10(22,12(16,17)18)7-2-1-5-19-7/h1-5,19-20,22H/t10-/m0/s1. The molecule has 3 N–H and O–H groups in total. The summed E-state index contributed by atoms with van der Waals surface area (Å²) in [6.45, 7) is 0. The molecule has 0 radical (unpaired) electrons. The lowest BCUT2D eigenvalue weighted by Gasteiger charge is -2.28. The summed E-state index contributed by atoms with van der Waals surface area (Å²) in [5.74, 6) is -2.34. The smallest absolute Gasteiger partial charge is 0.370 e. The van der Waals surface area contributed by atoms with Crippen molar-refractivity contribution < 1.29 is 36.2 Å². The van der Waals surface area contributed by atoms with Crippen molar-refractivity contribution in [2.45, 2.75) is 18.0 Å². The quantitative estimate of drug-likeness (QED) is 0.600. The number of rotatable bonds is 3. The van der Waals surface area contributed by atoms with Crippen LogP contribution in [-0.4, -0.2) is 33.2 Å². The largest absolute Gasteiger partial charge is 0.456 e. The van der Waals surface area contributed by atoms with Gasteiger partial charge in [-0.1, -0.05) is 0 Å². The lowest BCUT2D eigenvalue weighted by molar-refractivity contribution is -0.250. The van der Waals surface area contributed by atoms with Crippen molar-refractivity contribution in [1.82, 2.24) is 9.97 Å². The number of carbonyl (C=O) groups excluding carboxylic acids is 1. The first-order valence-electron chi connectivity index (χ1n) is 5.72. The number of aromatic nitrogens is 2. The van der Waals surface area contributed by atoms with Gasteiger partial charge in [0.2, 0.25) is 5.60 Å². The van der Waals surface area contributed by atoms with E-state index in [1.807, 2.05) is 0 Å². The minimum Gasteiger partial charge on any atom is -0.370 e. The van der Waals surface area contributed by atoms with E-state index in [0.29, 0.717) is 12.1 Å². The number of carbonyl (C=O) groups is 1. The molecule has 10 heteroatoms. The molecule has 2 aromatic rings. The van der Waals surface area contributed by atoms with Gasteiger partial charge in [0, 0.05) is 6.20 Å². The number of ketones is 1. The summed E-state index contributed by atoms with van der Waals surface area (Å²) in [6.07, 6.45) is -9.37. The van der Waals surface area contributed by atoms with Crippen LogP contribution in [0.15, 0.2) is 30.5 Å². The van der Waals surface area contributed by atoms with Crippen molar-refractivity contribution in [3.8, 4) is 0 Å². The van der Waals surface area contributed by atoms with Crippen molar-refractivity contribution in [2.75, 3.05) is 0 Å². The second-order valence-electron chi connectivity index (χ2n) is 4.40. The fraction of sp³-hybridized carbons (Fsp3) is 0.250. The molecule has 0 saturated heterocycles. The first kappa shape index (κ1) is 16.1. The Morgan fingerprint density at radius 2 is 1.64 bits per heavy atom. The molecule has 0 saturated carbocycles. The normalized spacial score (nSPS) is 15.6. The zero-order valence-corrected chi connectivity index (χ0v) is 10.5. The Balaban J connectivity index is 2.53. The summed E-state index contributed by atoms with van der Waals surface area (Å²) in [5.41, 5.74) is -6.40. The molecule has 0 unspecified atom stereocenters. The number of hydrogen-bond acceptors (Lipinski definition) is 2. The Labute approximate surface area is 118 Å². The van der Waals surface area contributed by atoms with Crippen LogP contribution in [0.2, 0.25) is 0 Å². The minimum atomic E-state index is -5.25. The van der Waals surface area contributed by atoms with E-state index < -0.39 is 40.8 Å². The fourth-order valence-electron chi connectivity index (χ4n) is 1.90. The lowest BCUT2D eigenvalue weighted by Crippen LogP contribution is -2.44. The third-order valence-corrected chi connectivity index (χ3v) is 2.98. The molecule has 120 valence electrons. The van der Waals surface area contributed by atoms with E-state index in [0.717, 1.165) is 12.3 Å². The fourth-order valence-corrected chi connectivity index (χ4v) is 1.90. The molecule has 22 heavy (non-hydrogen) atoms. The summed E-state index contributed by atoms with van der Waals surface area (Å²) in [5, 5.41) is 10.00. The average Bonchev–Trinajstić information content (AvgIpc) is 3.06. The van der Waals surface area contributed by atoms with Crippen LogP contribution in [0.4, 0.5) is 26.3 Å². The van der Waals surface area contributed by atoms with Gasteiger partial charge < -0.3 is 15.1 Å². The number of aliphatic hydroxyl groups is 1. The van der Waals surface area contributed by atoms with Crippen molar-refractivity contribution in [2.24, 2.45) is 0 Å². The average molecular weight is 326 g/mol. The number of hydrogen-bond donors (Lipinski definition) is 3. The van der Waals surface area contributed by atoms with Gasteiger partial charge in [0.05, 0.1) is 17.1 Å². The predicted molar refractivity (Wildman–Crippen MR) is 61.0 cm³/mol. The maximum Gasteiger partial charge on any atom is 0.456 e. The molecular formula is C12H8F6N2O2. The first-order valence-corrected chi connectivity index (χ1v) is 5.72. The van der Waals surface area contributed by atoms with Crippen LogP contribution in [0, 0.1) is 0 Å². The molecule has 0 aliphatic carbocycles. The molecular weight excluding hydrogens is 318 g/mol. The molecule has 0 bridgehead atoms. The van der Waals surface area contributed by atoms with Crippen LogP contribution in [0.25, 0.3) is 0 Å². The summed E-state index contributed by atoms with van der Waals surface area (Å²) < 4.78 is 76.5. The van der Waals surface area contributed by atoms with E-state index in [1.54, 1.807) is 4.98 Å². The SMILES string of the molecule is O=C(c1ccc([C@@](O)(c2ccc[nH]2)C(F)(F)F)[nH]1)C(F)(F)F. The van der Waals surface area contributed by atoms with Crippen LogP contribution in [-0.2, 0) is 5.60 Å². The van der Waals surface area contributed by atoms with Gasteiger partial charge in [-0.05, 0) is 24.3 Å². The van der Waals surface area contributed by atoms with Crippen LogP contribution in [0.1, 0.15) is 21.9 Å². The van der Waals surface area contributed by atoms with Crippen molar-refractivity contribution in [3.05, 3.63) is 47.5 Å². The van der Waals surface area contributed by atoms with Crippen LogP contribution >= 0.6 is 0 Å². The molecule has 4 nitrogen and oxygen atoms in total. The van der Waals surface area contributed by atoms with Gasteiger partial charge in [0.15, 0.2) is 0 Å². The Morgan fingerprint density at radius 1 is 1.00 bits per heavy atom. The Bertz CT molecular complexity index is 671. The van der Waals surface area contributed by atoms with E-state index in [-0.39, 0.29) is 0 Å². The molecule has 1 atom stereocenters. The zero-order chi connectivity index (χ0) is 16.8. The molecule has 0 amide bonds. The van der Waals surface area contributed by atoms with E-state index >= 15 is 0 Å². The molecule has 0 aromatic carbocycles. The van der Waals surface area contributed by atoms with Crippen molar-refractivity contribution in [1.29, 1.82) is 0 Å². The van der Waals surface area contributed by atoms with Crippen LogP contribution in [0.3, 0.4) is 0 Å². The van der Waals surface area contributed by atoms with Gasteiger partial charge in [-0.15, -0.1) is 0 Å².